The first-order valence-corrected chi connectivity index (χ1v) is 10.4. The number of piperidine rings is 1. The number of likely N-dealkylation sites (tertiary alicyclic amines) is 1. The molecule has 0 saturated carbocycles. The number of aromatic nitrogens is 2. The minimum absolute atomic E-state index is 0.0133. The Morgan fingerprint density at radius 2 is 1.93 bits per heavy atom. The molecule has 0 spiro atoms. The number of benzene rings is 1. The van der Waals surface area contributed by atoms with Crippen molar-refractivity contribution in [1.29, 1.82) is 0 Å². The van der Waals surface area contributed by atoms with Crippen LogP contribution < -0.4 is 5.32 Å². The zero-order valence-electron chi connectivity index (χ0n) is 17.2. The molecule has 2 aliphatic rings. The van der Waals surface area contributed by atoms with Crippen molar-refractivity contribution in [2.75, 3.05) is 32.5 Å². The van der Waals surface area contributed by atoms with E-state index < -0.39 is 0 Å². The third-order valence-electron chi connectivity index (χ3n) is 5.85. The number of rotatable bonds is 3. The van der Waals surface area contributed by atoms with Gasteiger partial charge in [-0.1, -0.05) is 12.1 Å². The molecule has 1 aromatic carbocycles. The van der Waals surface area contributed by atoms with E-state index in [1.54, 1.807) is 19.0 Å². The lowest BCUT2D eigenvalue weighted by atomic mass is 9.96. The molecule has 29 heavy (non-hydrogen) atoms. The number of hydrogen-bond donors (Lipinski definition) is 1. The summed E-state index contributed by atoms with van der Waals surface area (Å²) in [6.45, 7) is 2.28. The highest BCUT2D eigenvalue weighted by molar-refractivity contribution is 5.93. The van der Waals surface area contributed by atoms with Gasteiger partial charge in [0.05, 0.1) is 5.69 Å². The maximum Gasteiger partial charge on any atom is 0.319 e. The summed E-state index contributed by atoms with van der Waals surface area (Å²) < 4.78 is 2.24. The van der Waals surface area contributed by atoms with Crippen molar-refractivity contribution in [2.45, 2.75) is 38.6 Å². The molecule has 2 aromatic rings. The van der Waals surface area contributed by atoms with Crippen LogP contribution in [0.5, 0.6) is 0 Å². The van der Waals surface area contributed by atoms with Crippen LogP contribution in [0, 0.1) is 5.92 Å². The third-order valence-corrected chi connectivity index (χ3v) is 5.85. The Hall–Kier alpha value is -2.83. The van der Waals surface area contributed by atoms with Gasteiger partial charge in [-0.3, -0.25) is 4.79 Å². The van der Waals surface area contributed by atoms with E-state index in [0.29, 0.717) is 25.9 Å². The predicted octanol–water partition coefficient (Wildman–Crippen LogP) is 3.22. The van der Waals surface area contributed by atoms with Crippen molar-refractivity contribution in [3.63, 3.8) is 0 Å². The fourth-order valence-electron chi connectivity index (χ4n) is 4.17. The smallest absolute Gasteiger partial charge is 0.319 e. The van der Waals surface area contributed by atoms with Crippen LogP contribution in [0.3, 0.4) is 0 Å². The predicted molar refractivity (Wildman–Crippen MR) is 113 cm³/mol. The van der Waals surface area contributed by atoms with Crippen LogP contribution in [0.2, 0.25) is 0 Å². The number of anilines is 1. The number of imidazole rings is 1. The third kappa shape index (κ3) is 4.28. The van der Waals surface area contributed by atoms with Crippen molar-refractivity contribution in [2.24, 2.45) is 5.92 Å². The molecule has 7 heteroatoms. The summed E-state index contributed by atoms with van der Waals surface area (Å²) in [7, 11) is 3.51. The van der Waals surface area contributed by atoms with E-state index in [9.17, 15) is 9.59 Å². The van der Waals surface area contributed by atoms with Crippen LogP contribution in [-0.2, 0) is 17.8 Å². The molecule has 0 bridgehead atoms. The largest absolute Gasteiger partial charge is 0.334 e. The summed E-state index contributed by atoms with van der Waals surface area (Å²) in [5.41, 5.74) is 2.79. The lowest BCUT2D eigenvalue weighted by molar-refractivity contribution is -0.121. The molecular weight excluding hydrogens is 366 g/mol. The number of nitrogens with zero attached hydrogens (tertiary/aromatic N) is 4. The maximum absolute atomic E-state index is 12.7. The van der Waals surface area contributed by atoms with Crippen LogP contribution in [0.4, 0.5) is 10.5 Å². The molecule has 2 aliphatic heterocycles. The molecule has 4 rings (SSSR count). The summed E-state index contributed by atoms with van der Waals surface area (Å²) >= 11 is 0. The van der Waals surface area contributed by atoms with Crippen LogP contribution >= 0.6 is 0 Å². The van der Waals surface area contributed by atoms with E-state index in [4.69, 9.17) is 4.98 Å². The topological polar surface area (TPSA) is 70.5 Å². The van der Waals surface area contributed by atoms with E-state index in [1.807, 2.05) is 29.2 Å². The highest BCUT2D eigenvalue weighted by Crippen LogP contribution is 2.26. The molecule has 1 aromatic heterocycles. The van der Waals surface area contributed by atoms with Crippen molar-refractivity contribution in [1.82, 2.24) is 19.4 Å². The average Bonchev–Trinajstić information content (AvgIpc) is 3.18. The Morgan fingerprint density at radius 1 is 1.14 bits per heavy atom. The van der Waals surface area contributed by atoms with Gasteiger partial charge in [0, 0.05) is 63.5 Å². The standard InChI is InChI=1S/C22H29N5O2/c1-25(2)22(29)26-12-9-16(10-13-26)21(28)23-18-7-5-6-17(14-18)19-15-27-11-4-3-8-20(27)24-19/h5-7,14-16H,3-4,8-13H2,1-2H3,(H,23,28). The Balaban J connectivity index is 1.39. The van der Waals surface area contributed by atoms with Gasteiger partial charge in [-0.25, -0.2) is 9.78 Å². The molecule has 0 atom stereocenters. The summed E-state index contributed by atoms with van der Waals surface area (Å²) in [6.07, 6.45) is 6.94. The monoisotopic (exact) mass is 395 g/mol. The minimum Gasteiger partial charge on any atom is -0.334 e. The molecule has 1 N–H and O–H groups in total. The molecule has 0 radical (unpaired) electrons. The highest BCUT2D eigenvalue weighted by atomic mass is 16.2. The summed E-state index contributed by atoms with van der Waals surface area (Å²) in [6, 6.07) is 7.93. The number of nitrogens with one attached hydrogen (secondary N) is 1. The van der Waals surface area contributed by atoms with Crippen LogP contribution in [0.25, 0.3) is 11.3 Å². The number of hydrogen-bond acceptors (Lipinski definition) is 3. The van der Waals surface area contributed by atoms with E-state index in [0.717, 1.165) is 35.7 Å². The molecule has 1 fully saturated rings. The number of carbonyl (C=O) groups is 2. The summed E-state index contributed by atoms with van der Waals surface area (Å²) in [5, 5.41) is 3.06. The van der Waals surface area contributed by atoms with Gasteiger partial charge in [0.25, 0.3) is 0 Å². The van der Waals surface area contributed by atoms with Gasteiger partial charge in [0.15, 0.2) is 0 Å². The quantitative estimate of drug-likeness (QED) is 0.867. The lowest BCUT2D eigenvalue weighted by Crippen LogP contribution is -2.45. The van der Waals surface area contributed by atoms with Crippen molar-refractivity contribution in [3.05, 3.63) is 36.3 Å². The Kier molecular flexibility index (Phi) is 5.56. The Labute approximate surface area is 171 Å². The number of amides is 3. The van der Waals surface area contributed by atoms with Gasteiger partial charge in [-0.2, -0.15) is 0 Å². The van der Waals surface area contributed by atoms with E-state index >= 15 is 0 Å². The number of carbonyl (C=O) groups excluding carboxylic acids is 2. The Morgan fingerprint density at radius 3 is 2.66 bits per heavy atom. The molecular formula is C22H29N5O2. The van der Waals surface area contributed by atoms with E-state index in [2.05, 4.69) is 16.1 Å². The van der Waals surface area contributed by atoms with Crippen LogP contribution in [0.1, 0.15) is 31.5 Å². The normalized spacial score (nSPS) is 17.0. The Bertz CT molecular complexity index is 873. The first-order valence-electron chi connectivity index (χ1n) is 10.4. The number of aryl methyl sites for hydroxylation is 2. The zero-order chi connectivity index (χ0) is 20.4. The molecule has 3 amide bonds. The van der Waals surface area contributed by atoms with Crippen LogP contribution in [-0.4, -0.2) is 58.5 Å². The summed E-state index contributed by atoms with van der Waals surface area (Å²) in [5.74, 6) is 1.12. The second kappa shape index (κ2) is 8.27. The molecule has 3 heterocycles. The minimum atomic E-state index is -0.0650. The lowest BCUT2D eigenvalue weighted by Gasteiger charge is -2.33. The fraction of sp³-hybridized carbons (Fsp3) is 0.500. The average molecular weight is 396 g/mol. The number of fused-ring (bicyclic) bond motifs is 1. The molecule has 0 unspecified atom stereocenters. The molecule has 0 aliphatic carbocycles. The SMILES string of the molecule is CN(C)C(=O)N1CCC(C(=O)Nc2cccc(-c3cn4c(n3)CCCC4)c2)CC1. The molecule has 1 saturated heterocycles. The van der Waals surface area contributed by atoms with Gasteiger partial charge in [-0.05, 0) is 37.8 Å². The first kappa shape index (κ1) is 19.5. The zero-order valence-corrected chi connectivity index (χ0v) is 17.2. The van der Waals surface area contributed by atoms with Gasteiger partial charge < -0.3 is 19.7 Å². The van der Waals surface area contributed by atoms with Crippen LogP contribution in [0.15, 0.2) is 30.5 Å². The van der Waals surface area contributed by atoms with Crippen molar-refractivity contribution >= 4 is 17.6 Å². The number of urea groups is 1. The van der Waals surface area contributed by atoms with Crippen molar-refractivity contribution < 1.29 is 9.59 Å². The van der Waals surface area contributed by atoms with Crippen molar-refractivity contribution in [3.8, 4) is 11.3 Å². The van der Waals surface area contributed by atoms with Gasteiger partial charge in [-0.15, -0.1) is 0 Å². The highest BCUT2D eigenvalue weighted by Gasteiger charge is 2.28. The second-order valence-electron chi connectivity index (χ2n) is 8.20. The molecule has 154 valence electrons. The van der Waals surface area contributed by atoms with Gasteiger partial charge in [0.2, 0.25) is 5.91 Å². The maximum atomic E-state index is 12.7. The fourth-order valence-corrected chi connectivity index (χ4v) is 4.17. The second-order valence-corrected chi connectivity index (χ2v) is 8.20. The van der Waals surface area contributed by atoms with E-state index in [1.165, 1.54) is 12.8 Å². The van der Waals surface area contributed by atoms with E-state index in [-0.39, 0.29) is 17.9 Å². The first-order chi connectivity index (χ1) is 14.0. The van der Waals surface area contributed by atoms with Gasteiger partial charge >= 0.3 is 6.03 Å². The molecule has 7 nitrogen and oxygen atoms in total. The van der Waals surface area contributed by atoms with Gasteiger partial charge in [0.1, 0.15) is 5.82 Å². The summed E-state index contributed by atoms with van der Waals surface area (Å²) in [4.78, 5) is 33.0.